The van der Waals surface area contributed by atoms with Crippen molar-refractivity contribution in [1.29, 1.82) is 0 Å². The summed E-state index contributed by atoms with van der Waals surface area (Å²) in [6.45, 7) is 1.37. The fraction of sp³-hybridized carbons (Fsp3) is 0.455. The van der Waals surface area contributed by atoms with E-state index >= 15 is 0 Å². The molecule has 2 N–H and O–H groups in total. The Kier molecular flexibility index (Phi) is 3.84. The number of nitrogens with two attached hydrogens (primary N) is 1. The van der Waals surface area contributed by atoms with Crippen LogP contribution in [0.3, 0.4) is 0 Å². The molecule has 1 aromatic heterocycles. The summed E-state index contributed by atoms with van der Waals surface area (Å²) in [6, 6.07) is 1.91. The molecule has 0 aliphatic carbocycles. The van der Waals surface area contributed by atoms with Crippen LogP contribution in [0.2, 0.25) is 0 Å². The zero-order valence-corrected chi connectivity index (χ0v) is 11.0. The predicted molar refractivity (Wildman–Crippen MR) is 69.1 cm³/mol. The quantitative estimate of drug-likeness (QED) is 0.800. The van der Waals surface area contributed by atoms with Crippen LogP contribution < -0.4 is 5.73 Å². The summed E-state index contributed by atoms with van der Waals surface area (Å²) in [4.78, 5) is 0.997. The average Bonchev–Trinajstić information content (AvgIpc) is 2.84. The molecule has 0 aromatic carbocycles. The first kappa shape index (κ1) is 12.6. The van der Waals surface area contributed by atoms with Crippen LogP contribution in [0.1, 0.15) is 16.9 Å². The molecule has 92 valence electrons. The lowest BCUT2D eigenvalue weighted by atomic mass is 10.2. The fourth-order valence-electron chi connectivity index (χ4n) is 1.75. The van der Waals surface area contributed by atoms with E-state index in [1.165, 1.54) is 15.6 Å². The molecule has 17 heavy (non-hydrogen) atoms. The lowest BCUT2D eigenvalue weighted by Crippen LogP contribution is -2.24. The van der Waals surface area contributed by atoms with Gasteiger partial charge in [0.1, 0.15) is 0 Å². The molecule has 1 aliphatic heterocycles. The van der Waals surface area contributed by atoms with Crippen molar-refractivity contribution in [3.05, 3.63) is 21.9 Å². The van der Waals surface area contributed by atoms with E-state index in [0.29, 0.717) is 19.6 Å². The first-order valence-electron chi connectivity index (χ1n) is 5.36. The molecule has 2 heterocycles. The van der Waals surface area contributed by atoms with Gasteiger partial charge in [0.15, 0.2) is 0 Å². The zero-order valence-electron chi connectivity index (χ0n) is 9.35. The Morgan fingerprint density at radius 2 is 2.35 bits per heavy atom. The molecule has 0 spiro atoms. The summed E-state index contributed by atoms with van der Waals surface area (Å²) in [7, 11) is -3.03. The highest BCUT2D eigenvalue weighted by Gasteiger charge is 2.28. The van der Waals surface area contributed by atoms with Crippen LogP contribution in [0.25, 0.3) is 0 Å². The maximum absolute atomic E-state index is 11.7. The van der Waals surface area contributed by atoms with Gasteiger partial charge in [-0.2, -0.15) is 4.31 Å². The van der Waals surface area contributed by atoms with Crippen LogP contribution in [-0.2, 0) is 16.6 Å². The van der Waals surface area contributed by atoms with Crippen molar-refractivity contribution >= 4 is 21.4 Å². The van der Waals surface area contributed by atoms with Gasteiger partial charge in [-0.05, 0) is 17.9 Å². The molecule has 0 atom stereocenters. The van der Waals surface area contributed by atoms with Crippen molar-refractivity contribution in [2.75, 3.05) is 18.8 Å². The van der Waals surface area contributed by atoms with Gasteiger partial charge in [-0.1, -0.05) is 11.8 Å². The van der Waals surface area contributed by atoms with Gasteiger partial charge in [0, 0.05) is 23.5 Å². The van der Waals surface area contributed by atoms with E-state index in [1.54, 1.807) is 0 Å². The standard InChI is InChI=1S/C11H14N2O2S2/c12-5-1-3-10-4-7-16-11(10)9-13-6-2-8-17(13,14)15/h4,7H,2,5-6,8-9,12H2. The molecule has 0 amide bonds. The third-order valence-electron chi connectivity index (χ3n) is 2.59. The molecule has 0 saturated carbocycles. The van der Waals surface area contributed by atoms with Gasteiger partial charge in [-0.3, -0.25) is 0 Å². The van der Waals surface area contributed by atoms with Crippen molar-refractivity contribution in [3.63, 3.8) is 0 Å². The number of rotatable bonds is 2. The second-order valence-electron chi connectivity index (χ2n) is 3.77. The summed E-state index contributed by atoms with van der Waals surface area (Å²) in [5.41, 5.74) is 6.22. The van der Waals surface area contributed by atoms with Crippen LogP contribution in [0.4, 0.5) is 0 Å². The van der Waals surface area contributed by atoms with E-state index in [1.807, 2.05) is 11.4 Å². The molecule has 1 fully saturated rings. The first-order chi connectivity index (χ1) is 8.13. The SMILES string of the molecule is NCC#Cc1ccsc1CN1CCCS1(=O)=O. The Morgan fingerprint density at radius 3 is 3.00 bits per heavy atom. The summed E-state index contributed by atoms with van der Waals surface area (Å²) in [6.07, 6.45) is 0.720. The van der Waals surface area contributed by atoms with Crippen LogP contribution >= 0.6 is 11.3 Å². The van der Waals surface area contributed by atoms with Crippen molar-refractivity contribution in [2.24, 2.45) is 5.73 Å². The number of hydrogen-bond acceptors (Lipinski definition) is 4. The van der Waals surface area contributed by atoms with Gasteiger partial charge < -0.3 is 5.73 Å². The average molecular weight is 270 g/mol. The largest absolute Gasteiger partial charge is 0.320 e. The summed E-state index contributed by atoms with van der Waals surface area (Å²) in [5, 5.41) is 1.93. The van der Waals surface area contributed by atoms with E-state index in [4.69, 9.17) is 5.73 Å². The Labute approximate surface area is 105 Å². The second-order valence-corrected chi connectivity index (χ2v) is 6.86. The molecule has 6 heteroatoms. The maximum Gasteiger partial charge on any atom is 0.214 e. The second kappa shape index (κ2) is 5.19. The molecule has 1 saturated heterocycles. The number of thiophene rings is 1. The van der Waals surface area contributed by atoms with E-state index in [0.717, 1.165) is 16.9 Å². The molecule has 0 unspecified atom stereocenters. The van der Waals surface area contributed by atoms with Gasteiger partial charge in [0.2, 0.25) is 10.0 Å². The first-order valence-corrected chi connectivity index (χ1v) is 7.85. The topological polar surface area (TPSA) is 63.4 Å². The Bertz CT molecular complexity index is 552. The smallest absolute Gasteiger partial charge is 0.214 e. The molecular weight excluding hydrogens is 256 g/mol. The van der Waals surface area contributed by atoms with E-state index < -0.39 is 10.0 Å². The van der Waals surface area contributed by atoms with Crippen molar-refractivity contribution in [1.82, 2.24) is 4.31 Å². The molecule has 1 aliphatic rings. The number of sulfonamides is 1. The molecule has 4 nitrogen and oxygen atoms in total. The lowest BCUT2D eigenvalue weighted by Gasteiger charge is -2.13. The van der Waals surface area contributed by atoms with Gasteiger partial charge in [-0.25, -0.2) is 8.42 Å². The normalized spacial score (nSPS) is 18.9. The van der Waals surface area contributed by atoms with Crippen LogP contribution in [0.15, 0.2) is 11.4 Å². The summed E-state index contributed by atoms with van der Waals surface area (Å²) < 4.78 is 24.9. The van der Waals surface area contributed by atoms with E-state index in [2.05, 4.69) is 11.8 Å². The van der Waals surface area contributed by atoms with E-state index in [-0.39, 0.29) is 5.75 Å². The molecule has 2 rings (SSSR count). The number of nitrogens with zero attached hydrogens (tertiary/aromatic N) is 1. The summed E-state index contributed by atoms with van der Waals surface area (Å²) >= 11 is 1.54. The van der Waals surface area contributed by atoms with Gasteiger partial charge >= 0.3 is 0 Å². The van der Waals surface area contributed by atoms with Crippen LogP contribution in [-0.4, -0.2) is 31.6 Å². The Hall–Kier alpha value is -0.870. The highest BCUT2D eigenvalue weighted by atomic mass is 32.2. The molecule has 1 aromatic rings. The monoisotopic (exact) mass is 270 g/mol. The van der Waals surface area contributed by atoms with Gasteiger partial charge in [0.25, 0.3) is 0 Å². The van der Waals surface area contributed by atoms with Crippen molar-refractivity contribution in [2.45, 2.75) is 13.0 Å². The molecule has 0 bridgehead atoms. The fourth-order valence-corrected chi connectivity index (χ4v) is 4.16. The minimum Gasteiger partial charge on any atom is -0.320 e. The maximum atomic E-state index is 11.7. The molecule has 0 radical (unpaired) electrons. The van der Waals surface area contributed by atoms with E-state index in [9.17, 15) is 8.42 Å². The Balaban J connectivity index is 2.17. The highest BCUT2D eigenvalue weighted by molar-refractivity contribution is 7.89. The lowest BCUT2D eigenvalue weighted by molar-refractivity contribution is 0.443. The summed E-state index contributed by atoms with van der Waals surface area (Å²) in [5.74, 6) is 6.03. The van der Waals surface area contributed by atoms with Gasteiger partial charge in [-0.15, -0.1) is 11.3 Å². The highest BCUT2D eigenvalue weighted by Crippen LogP contribution is 2.22. The zero-order chi connectivity index (χ0) is 12.3. The van der Waals surface area contributed by atoms with Crippen molar-refractivity contribution in [3.8, 4) is 11.8 Å². The minimum absolute atomic E-state index is 0.266. The van der Waals surface area contributed by atoms with Crippen LogP contribution in [0.5, 0.6) is 0 Å². The third-order valence-corrected chi connectivity index (χ3v) is 5.40. The molecular formula is C11H14N2O2S2. The van der Waals surface area contributed by atoms with Gasteiger partial charge in [0.05, 0.1) is 12.3 Å². The third kappa shape index (κ3) is 2.87. The van der Waals surface area contributed by atoms with Crippen LogP contribution in [0, 0.1) is 11.8 Å². The Morgan fingerprint density at radius 1 is 1.53 bits per heavy atom. The number of hydrogen-bond donors (Lipinski definition) is 1. The minimum atomic E-state index is -3.03. The predicted octanol–water partition coefficient (Wildman–Crippen LogP) is 0.594. The van der Waals surface area contributed by atoms with Crippen molar-refractivity contribution < 1.29 is 8.42 Å².